The Bertz CT molecular complexity index is 1480. The van der Waals surface area contributed by atoms with Gasteiger partial charge in [-0.3, -0.25) is 4.98 Å². The minimum Gasteiger partial charge on any atom is -0.506 e. The summed E-state index contributed by atoms with van der Waals surface area (Å²) in [7, 11) is 0. The largest absolute Gasteiger partial charge is 0.506 e. The Kier molecular flexibility index (Phi) is 5.97. The van der Waals surface area contributed by atoms with Gasteiger partial charge in [-0.25, -0.2) is 4.79 Å². The maximum absolute atomic E-state index is 11.7. The molecule has 7 nitrogen and oxygen atoms in total. The van der Waals surface area contributed by atoms with E-state index in [-0.39, 0.29) is 23.4 Å². The monoisotopic (exact) mass is 498 g/mol. The number of para-hydroxylation sites is 2. The molecule has 0 amide bonds. The molecule has 5 rings (SSSR count). The van der Waals surface area contributed by atoms with E-state index in [1.54, 1.807) is 30.5 Å². The number of hydrogen-bond donors (Lipinski definition) is 3. The second-order valence-corrected chi connectivity index (χ2v) is 9.34. The zero-order valence-corrected chi connectivity index (χ0v) is 21.0. The van der Waals surface area contributed by atoms with Crippen LogP contribution in [0.15, 0.2) is 72.9 Å². The zero-order chi connectivity index (χ0) is 25.6. The molecule has 3 N–H and O–H groups in total. The molecule has 1 saturated heterocycles. The molecule has 8 heteroatoms. The average molecular weight is 499 g/mol. The predicted molar refractivity (Wildman–Crippen MR) is 143 cm³/mol. The number of nitrogens with zero attached hydrogens (tertiary/aromatic N) is 3. The van der Waals surface area contributed by atoms with Crippen molar-refractivity contribution in [2.75, 3.05) is 4.90 Å². The lowest BCUT2D eigenvalue weighted by molar-refractivity contribution is 0.0697. The fourth-order valence-corrected chi connectivity index (χ4v) is 5.38. The molecule has 0 aliphatic carbocycles. The molecule has 1 fully saturated rings. The van der Waals surface area contributed by atoms with Crippen LogP contribution in [0.4, 0.5) is 5.69 Å². The van der Waals surface area contributed by atoms with Crippen LogP contribution in [0.1, 0.15) is 50.7 Å². The fraction of sp³-hybridized carbons (Fsp3) is 0.179. The highest BCUT2D eigenvalue weighted by molar-refractivity contribution is 7.80. The van der Waals surface area contributed by atoms with E-state index in [2.05, 4.69) is 20.9 Å². The Hall–Kier alpha value is -4.17. The zero-order valence-electron chi connectivity index (χ0n) is 20.1. The topological polar surface area (TPSA) is 90.6 Å². The first-order valence-corrected chi connectivity index (χ1v) is 12.0. The van der Waals surface area contributed by atoms with Crippen LogP contribution in [0, 0.1) is 20.8 Å². The van der Waals surface area contributed by atoms with E-state index < -0.39 is 5.97 Å². The number of pyridine rings is 1. The van der Waals surface area contributed by atoms with Gasteiger partial charge in [-0.05, 0) is 86.6 Å². The highest BCUT2D eigenvalue weighted by Crippen LogP contribution is 2.45. The van der Waals surface area contributed by atoms with Crippen molar-refractivity contribution in [1.29, 1.82) is 0 Å². The molecule has 0 saturated carbocycles. The van der Waals surface area contributed by atoms with Crippen molar-refractivity contribution in [3.63, 3.8) is 0 Å². The van der Waals surface area contributed by atoms with Crippen molar-refractivity contribution < 1.29 is 15.0 Å². The molecule has 36 heavy (non-hydrogen) atoms. The van der Waals surface area contributed by atoms with Gasteiger partial charge in [-0.2, -0.15) is 0 Å². The van der Waals surface area contributed by atoms with Gasteiger partial charge in [0, 0.05) is 23.3 Å². The molecule has 0 spiro atoms. The van der Waals surface area contributed by atoms with Crippen molar-refractivity contribution in [2.24, 2.45) is 0 Å². The first kappa shape index (κ1) is 23.6. The van der Waals surface area contributed by atoms with Crippen LogP contribution < -0.4 is 10.2 Å². The molecular formula is C28H26N4O3S. The molecule has 4 aromatic rings. The molecule has 2 aromatic heterocycles. The number of phenols is 1. The van der Waals surface area contributed by atoms with Crippen LogP contribution >= 0.6 is 12.2 Å². The molecule has 0 radical (unpaired) electrons. The minimum atomic E-state index is -0.967. The number of hydrogen-bond acceptors (Lipinski definition) is 4. The average Bonchev–Trinajstić information content (AvgIpc) is 3.35. The van der Waals surface area contributed by atoms with E-state index in [0.717, 1.165) is 33.9 Å². The number of aromatic hydroxyl groups is 1. The third kappa shape index (κ3) is 3.89. The smallest absolute Gasteiger partial charge is 0.335 e. The Balaban J connectivity index is 1.71. The summed E-state index contributed by atoms with van der Waals surface area (Å²) in [5, 5.41) is 24.2. The summed E-state index contributed by atoms with van der Waals surface area (Å²) < 4.78 is 2.08. The van der Waals surface area contributed by atoms with E-state index >= 15 is 0 Å². The van der Waals surface area contributed by atoms with E-state index in [0.29, 0.717) is 10.8 Å². The number of anilines is 1. The van der Waals surface area contributed by atoms with Crippen molar-refractivity contribution in [3.8, 4) is 11.4 Å². The number of rotatable bonds is 5. The van der Waals surface area contributed by atoms with Gasteiger partial charge in [0.25, 0.3) is 0 Å². The summed E-state index contributed by atoms with van der Waals surface area (Å²) in [5.41, 5.74) is 6.36. The number of benzene rings is 2. The van der Waals surface area contributed by atoms with Crippen molar-refractivity contribution in [3.05, 3.63) is 107 Å². The molecule has 3 heterocycles. The number of phenolic OH excluding ortho intramolecular Hbond substituents is 1. The lowest BCUT2D eigenvalue weighted by Gasteiger charge is -2.28. The Morgan fingerprint density at radius 3 is 2.44 bits per heavy atom. The van der Waals surface area contributed by atoms with Crippen LogP contribution in [0.3, 0.4) is 0 Å². The summed E-state index contributed by atoms with van der Waals surface area (Å²) in [5.74, 6) is -0.836. The highest BCUT2D eigenvalue weighted by atomic mass is 32.1. The lowest BCUT2D eigenvalue weighted by Crippen LogP contribution is -2.29. The highest BCUT2D eigenvalue weighted by Gasteiger charge is 2.43. The van der Waals surface area contributed by atoms with Crippen molar-refractivity contribution in [2.45, 2.75) is 32.9 Å². The van der Waals surface area contributed by atoms with Crippen LogP contribution in [0.5, 0.6) is 5.75 Å². The van der Waals surface area contributed by atoms with E-state index in [9.17, 15) is 15.0 Å². The number of aromatic carboxylic acids is 1. The van der Waals surface area contributed by atoms with Gasteiger partial charge >= 0.3 is 5.97 Å². The lowest BCUT2D eigenvalue weighted by atomic mass is 9.96. The van der Waals surface area contributed by atoms with Crippen LogP contribution in [0.2, 0.25) is 0 Å². The Morgan fingerprint density at radius 2 is 1.75 bits per heavy atom. The number of aryl methyl sites for hydroxylation is 2. The molecule has 182 valence electrons. The van der Waals surface area contributed by atoms with Gasteiger partial charge in [0.2, 0.25) is 0 Å². The molecule has 2 unspecified atom stereocenters. The van der Waals surface area contributed by atoms with Crippen molar-refractivity contribution >= 4 is 29.0 Å². The number of nitrogens with one attached hydrogen (secondary N) is 1. The second kappa shape index (κ2) is 9.13. The Morgan fingerprint density at radius 1 is 1.00 bits per heavy atom. The molecule has 0 bridgehead atoms. The summed E-state index contributed by atoms with van der Waals surface area (Å²) >= 11 is 5.78. The quantitative estimate of drug-likeness (QED) is 0.318. The third-order valence-corrected chi connectivity index (χ3v) is 7.04. The fourth-order valence-electron chi connectivity index (χ4n) is 5.04. The normalized spacial score (nSPS) is 17.3. The first-order chi connectivity index (χ1) is 17.3. The summed E-state index contributed by atoms with van der Waals surface area (Å²) in [6.07, 6.45) is 1.75. The molecule has 1 aliphatic rings. The maximum Gasteiger partial charge on any atom is 0.335 e. The molecule has 2 aromatic carbocycles. The number of carboxylic acid groups (broad SMARTS) is 1. The van der Waals surface area contributed by atoms with Gasteiger partial charge in [-0.15, -0.1) is 0 Å². The van der Waals surface area contributed by atoms with Gasteiger partial charge in [-0.1, -0.05) is 24.3 Å². The molecular weight excluding hydrogens is 472 g/mol. The summed E-state index contributed by atoms with van der Waals surface area (Å²) in [6.45, 7) is 6.00. The first-order valence-electron chi connectivity index (χ1n) is 11.6. The third-order valence-electron chi connectivity index (χ3n) is 6.73. The van der Waals surface area contributed by atoms with Crippen LogP contribution in [-0.4, -0.2) is 30.8 Å². The number of carbonyl (C=O) groups is 1. The van der Waals surface area contributed by atoms with Gasteiger partial charge in [0.05, 0.1) is 29.0 Å². The summed E-state index contributed by atoms with van der Waals surface area (Å²) in [4.78, 5) is 18.2. The summed E-state index contributed by atoms with van der Waals surface area (Å²) in [6, 6.07) is 19.6. The molecule has 1 aliphatic heterocycles. The van der Waals surface area contributed by atoms with Gasteiger partial charge in [0.15, 0.2) is 5.11 Å². The molecule has 2 atom stereocenters. The van der Waals surface area contributed by atoms with Crippen LogP contribution in [0.25, 0.3) is 5.69 Å². The Labute approximate surface area is 214 Å². The van der Waals surface area contributed by atoms with Gasteiger partial charge in [0.1, 0.15) is 5.75 Å². The van der Waals surface area contributed by atoms with Gasteiger partial charge < -0.3 is 25.0 Å². The van der Waals surface area contributed by atoms with E-state index in [1.807, 2.05) is 62.1 Å². The van der Waals surface area contributed by atoms with Crippen molar-refractivity contribution in [1.82, 2.24) is 14.9 Å². The standard InChI is InChI=1S/C28H26N4O3S/c1-16-11-12-19(27(34)35)15-23(16)31-17(2)14-20(18(31)3)26-25(21-8-6-7-13-29-21)30-28(36)32(26)22-9-4-5-10-24(22)33/h4-15,25-26,33H,1-3H3,(H,30,36)(H,34,35). The van der Waals surface area contributed by atoms with Crippen LogP contribution in [-0.2, 0) is 0 Å². The predicted octanol–water partition coefficient (Wildman–Crippen LogP) is 5.38. The minimum absolute atomic E-state index is 0.132. The van der Waals surface area contributed by atoms with E-state index in [4.69, 9.17) is 12.2 Å². The SMILES string of the molecule is Cc1ccc(C(=O)O)cc1-n1c(C)cc(C2C(c3ccccn3)NC(=S)N2c2ccccc2O)c1C. The number of carboxylic acids is 1. The second-order valence-electron chi connectivity index (χ2n) is 8.95. The van der Waals surface area contributed by atoms with E-state index in [1.165, 1.54) is 0 Å². The maximum atomic E-state index is 11.7. The number of aromatic nitrogens is 2. The number of thiocarbonyl (C=S) groups is 1.